The van der Waals surface area contributed by atoms with Gasteiger partial charge in [-0.2, -0.15) is 0 Å². The van der Waals surface area contributed by atoms with Gasteiger partial charge in [0.1, 0.15) is 0 Å². The first-order valence-electron chi connectivity index (χ1n) is 9.37. The summed E-state index contributed by atoms with van der Waals surface area (Å²) in [6.45, 7) is 4.18. The molecule has 2 saturated heterocycles. The van der Waals surface area contributed by atoms with Crippen LogP contribution in [0.4, 0.5) is 0 Å². The monoisotopic (exact) mass is 315 g/mol. The average molecular weight is 315 g/mol. The van der Waals surface area contributed by atoms with E-state index in [9.17, 15) is 0 Å². The lowest BCUT2D eigenvalue weighted by Crippen LogP contribution is -2.55. The molecule has 3 aliphatic rings. The highest BCUT2D eigenvalue weighted by atomic mass is 16.5. The van der Waals surface area contributed by atoms with Crippen molar-refractivity contribution in [2.45, 2.75) is 69.3 Å². The van der Waals surface area contributed by atoms with Gasteiger partial charge in [0.2, 0.25) is 0 Å². The van der Waals surface area contributed by atoms with Gasteiger partial charge >= 0.3 is 0 Å². The van der Waals surface area contributed by atoms with Gasteiger partial charge in [0.15, 0.2) is 0 Å². The molecule has 0 atom stereocenters. The summed E-state index contributed by atoms with van der Waals surface area (Å²) < 4.78 is 12.2. The molecule has 126 valence electrons. The molecule has 2 aliphatic heterocycles. The Morgan fingerprint density at radius 1 is 1.04 bits per heavy atom. The van der Waals surface area contributed by atoms with Crippen LogP contribution in [0.15, 0.2) is 30.3 Å². The molecule has 0 bridgehead atoms. The van der Waals surface area contributed by atoms with Crippen LogP contribution in [0.3, 0.4) is 0 Å². The van der Waals surface area contributed by atoms with Crippen molar-refractivity contribution in [1.29, 1.82) is 0 Å². The van der Waals surface area contributed by atoms with Crippen molar-refractivity contribution in [2.75, 3.05) is 19.7 Å². The molecular weight excluding hydrogens is 286 g/mol. The predicted molar refractivity (Wildman–Crippen MR) is 91.4 cm³/mol. The molecule has 0 aromatic heterocycles. The third kappa shape index (κ3) is 3.62. The minimum atomic E-state index is 0.238. The van der Waals surface area contributed by atoms with Gasteiger partial charge in [-0.1, -0.05) is 30.3 Å². The second-order valence-corrected chi connectivity index (χ2v) is 7.57. The van der Waals surface area contributed by atoms with Crippen LogP contribution in [0.2, 0.25) is 0 Å². The molecule has 2 heterocycles. The number of nitrogens with zero attached hydrogens (tertiary/aromatic N) is 1. The molecule has 1 aromatic rings. The first-order valence-corrected chi connectivity index (χ1v) is 9.37. The van der Waals surface area contributed by atoms with Gasteiger partial charge in [-0.25, -0.2) is 0 Å². The first-order chi connectivity index (χ1) is 11.3. The second-order valence-electron chi connectivity index (χ2n) is 7.57. The molecule has 3 heteroatoms. The molecule has 0 radical (unpaired) electrons. The largest absolute Gasteiger partial charge is 0.375 e. The number of rotatable bonds is 4. The minimum Gasteiger partial charge on any atom is -0.375 e. The number of ether oxygens (including phenoxy) is 2. The van der Waals surface area contributed by atoms with Crippen molar-refractivity contribution in [1.82, 2.24) is 4.90 Å². The van der Waals surface area contributed by atoms with Crippen molar-refractivity contribution in [2.24, 2.45) is 0 Å². The Morgan fingerprint density at radius 3 is 2.52 bits per heavy atom. The summed E-state index contributed by atoms with van der Waals surface area (Å²) in [5.74, 6) is 0. The van der Waals surface area contributed by atoms with Gasteiger partial charge in [-0.15, -0.1) is 0 Å². The van der Waals surface area contributed by atoms with Crippen LogP contribution >= 0.6 is 0 Å². The number of hydrogen-bond acceptors (Lipinski definition) is 3. The van der Waals surface area contributed by atoms with Crippen molar-refractivity contribution < 1.29 is 9.47 Å². The van der Waals surface area contributed by atoms with Gasteiger partial charge in [-0.05, 0) is 50.5 Å². The van der Waals surface area contributed by atoms with E-state index in [4.69, 9.17) is 9.47 Å². The van der Waals surface area contributed by atoms with Gasteiger partial charge in [-0.3, -0.25) is 4.90 Å². The maximum Gasteiger partial charge on any atom is 0.0720 e. The topological polar surface area (TPSA) is 21.7 Å². The van der Waals surface area contributed by atoms with E-state index < -0.39 is 0 Å². The molecule has 0 amide bonds. The molecule has 1 spiro atoms. The molecule has 1 saturated carbocycles. The summed E-state index contributed by atoms with van der Waals surface area (Å²) in [6, 6.07) is 11.3. The molecule has 1 aromatic carbocycles. The van der Waals surface area contributed by atoms with Crippen LogP contribution < -0.4 is 0 Å². The Bertz CT molecular complexity index is 482. The van der Waals surface area contributed by atoms with Crippen molar-refractivity contribution in [3.63, 3.8) is 0 Å². The van der Waals surface area contributed by atoms with E-state index >= 15 is 0 Å². The maximum atomic E-state index is 6.14. The second kappa shape index (κ2) is 6.92. The van der Waals surface area contributed by atoms with Crippen LogP contribution in [0.25, 0.3) is 0 Å². The highest BCUT2D eigenvalue weighted by Crippen LogP contribution is 2.38. The fourth-order valence-electron chi connectivity index (χ4n) is 4.36. The normalized spacial score (nSPS) is 31.0. The lowest BCUT2D eigenvalue weighted by Gasteiger charge is -2.49. The van der Waals surface area contributed by atoms with Gasteiger partial charge < -0.3 is 9.47 Å². The van der Waals surface area contributed by atoms with E-state index in [2.05, 4.69) is 35.2 Å². The summed E-state index contributed by atoms with van der Waals surface area (Å²) in [6.07, 6.45) is 9.25. The van der Waals surface area contributed by atoms with Crippen LogP contribution in [0.1, 0.15) is 50.5 Å². The Morgan fingerprint density at radius 2 is 1.83 bits per heavy atom. The summed E-state index contributed by atoms with van der Waals surface area (Å²) in [4.78, 5) is 2.69. The molecule has 1 aliphatic carbocycles. The van der Waals surface area contributed by atoms with Gasteiger partial charge in [0, 0.05) is 25.7 Å². The Balaban J connectivity index is 1.18. The predicted octanol–water partition coefficient (Wildman–Crippen LogP) is 3.77. The molecule has 0 N–H and O–H groups in total. The number of piperidine rings is 1. The van der Waals surface area contributed by atoms with Crippen LogP contribution in [0.5, 0.6) is 0 Å². The van der Waals surface area contributed by atoms with Crippen molar-refractivity contribution in [3.05, 3.63) is 35.9 Å². The van der Waals surface area contributed by atoms with E-state index in [0.717, 1.165) is 19.3 Å². The van der Waals surface area contributed by atoms with Crippen LogP contribution in [-0.4, -0.2) is 42.3 Å². The SMILES string of the molecule is c1ccc(COC2CC(N3CCC4(CCCCO4)CC3)C2)cc1. The fourth-order valence-corrected chi connectivity index (χ4v) is 4.36. The quantitative estimate of drug-likeness (QED) is 0.844. The van der Waals surface area contributed by atoms with E-state index in [-0.39, 0.29) is 5.60 Å². The minimum absolute atomic E-state index is 0.238. The molecule has 3 nitrogen and oxygen atoms in total. The highest BCUT2D eigenvalue weighted by molar-refractivity contribution is 5.13. The summed E-state index contributed by atoms with van der Waals surface area (Å²) in [7, 11) is 0. The van der Waals surface area contributed by atoms with E-state index in [1.165, 1.54) is 63.6 Å². The zero-order chi connectivity index (χ0) is 15.5. The molecule has 0 unspecified atom stereocenters. The maximum absolute atomic E-state index is 6.14. The van der Waals surface area contributed by atoms with Gasteiger partial charge in [0.05, 0.1) is 18.3 Å². The van der Waals surface area contributed by atoms with E-state index in [1.807, 2.05) is 0 Å². The zero-order valence-electron chi connectivity index (χ0n) is 14.1. The molecule has 3 fully saturated rings. The molecule has 23 heavy (non-hydrogen) atoms. The lowest BCUT2D eigenvalue weighted by molar-refractivity contribution is -0.129. The summed E-state index contributed by atoms with van der Waals surface area (Å²) >= 11 is 0. The Labute approximate surface area is 140 Å². The average Bonchev–Trinajstić information content (AvgIpc) is 2.57. The van der Waals surface area contributed by atoms with E-state index in [0.29, 0.717) is 6.10 Å². The van der Waals surface area contributed by atoms with Gasteiger partial charge in [0.25, 0.3) is 0 Å². The smallest absolute Gasteiger partial charge is 0.0720 e. The van der Waals surface area contributed by atoms with E-state index in [1.54, 1.807) is 0 Å². The van der Waals surface area contributed by atoms with Crippen LogP contribution in [0, 0.1) is 0 Å². The summed E-state index contributed by atoms with van der Waals surface area (Å²) in [5, 5.41) is 0. The van der Waals surface area contributed by atoms with Crippen molar-refractivity contribution in [3.8, 4) is 0 Å². The third-order valence-corrected chi connectivity index (χ3v) is 6.06. The molecular formula is C20H29NO2. The fraction of sp³-hybridized carbons (Fsp3) is 0.700. The molecule has 4 rings (SSSR count). The highest BCUT2D eigenvalue weighted by Gasteiger charge is 2.41. The number of likely N-dealkylation sites (tertiary alicyclic amines) is 1. The standard InChI is InChI=1S/C20H29NO2/c1-2-6-17(7-3-1)16-22-19-14-18(15-19)21-11-9-20(10-12-21)8-4-5-13-23-20/h1-3,6-7,18-19H,4-5,8-16H2. The number of hydrogen-bond donors (Lipinski definition) is 0. The Kier molecular flexibility index (Phi) is 4.70. The summed E-state index contributed by atoms with van der Waals surface area (Å²) in [5.41, 5.74) is 1.52. The third-order valence-electron chi connectivity index (χ3n) is 6.06. The number of benzene rings is 1. The van der Waals surface area contributed by atoms with Crippen molar-refractivity contribution >= 4 is 0 Å². The van der Waals surface area contributed by atoms with Crippen LogP contribution in [-0.2, 0) is 16.1 Å². The Hall–Kier alpha value is -0.900. The first kappa shape index (κ1) is 15.6. The lowest BCUT2D eigenvalue weighted by atomic mass is 9.81. The zero-order valence-corrected chi connectivity index (χ0v) is 14.1.